The first-order chi connectivity index (χ1) is 14.6. The molecule has 30 heavy (non-hydrogen) atoms. The molecule has 0 saturated carbocycles. The molecule has 0 fully saturated rings. The van der Waals surface area contributed by atoms with Crippen molar-refractivity contribution in [2.75, 3.05) is 0 Å². The highest BCUT2D eigenvalue weighted by Crippen LogP contribution is 2.28. The van der Waals surface area contributed by atoms with E-state index in [0.29, 0.717) is 23.4 Å². The molecule has 5 rings (SSSR count). The summed E-state index contributed by atoms with van der Waals surface area (Å²) in [6.45, 7) is 2.65. The van der Waals surface area contributed by atoms with Gasteiger partial charge in [-0.05, 0) is 43.2 Å². The highest BCUT2D eigenvalue weighted by atomic mass is 35.5. The maximum absolute atomic E-state index is 13.1. The number of fused-ring (bicyclic) bond motifs is 2. The Morgan fingerprint density at radius 1 is 1.13 bits per heavy atom. The molecule has 5 heteroatoms. The van der Waals surface area contributed by atoms with Crippen molar-refractivity contribution in [2.24, 2.45) is 5.92 Å². The van der Waals surface area contributed by atoms with E-state index in [-0.39, 0.29) is 11.5 Å². The van der Waals surface area contributed by atoms with Crippen molar-refractivity contribution in [1.29, 1.82) is 0 Å². The average Bonchev–Trinajstić information content (AvgIpc) is 3.06. The second-order valence-electron chi connectivity index (χ2n) is 7.88. The quantitative estimate of drug-likeness (QED) is 0.474. The van der Waals surface area contributed by atoms with Crippen molar-refractivity contribution in [3.05, 3.63) is 99.1 Å². The summed E-state index contributed by atoms with van der Waals surface area (Å²) in [6, 6.07) is 13.7. The maximum Gasteiger partial charge on any atom is 0.274 e. The largest absolute Gasteiger partial charge is 0.358 e. The van der Waals surface area contributed by atoms with Crippen LogP contribution in [0.5, 0.6) is 0 Å². The van der Waals surface area contributed by atoms with Crippen LogP contribution in [-0.4, -0.2) is 14.8 Å². The lowest BCUT2D eigenvalue weighted by Gasteiger charge is -2.16. The van der Waals surface area contributed by atoms with Gasteiger partial charge < -0.3 is 4.98 Å². The molecule has 150 valence electrons. The summed E-state index contributed by atoms with van der Waals surface area (Å²) in [5, 5.41) is 8.28. The van der Waals surface area contributed by atoms with E-state index in [4.69, 9.17) is 16.7 Å². The number of allylic oxidation sites excluding steroid dienone is 4. The first-order valence-electron chi connectivity index (χ1n) is 10.2. The number of aromatic amines is 1. The van der Waals surface area contributed by atoms with Crippen LogP contribution in [0.2, 0.25) is 5.02 Å². The first-order valence-corrected chi connectivity index (χ1v) is 10.6. The van der Waals surface area contributed by atoms with Crippen LogP contribution in [0, 0.1) is 12.8 Å². The van der Waals surface area contributed by atoms with Crippen LogP contribution in [0.25, 0.3) is 21.7 Å². The minimum absolute atomic E-state index is 0.0315. The third-order valence-electron chi connectivity index (χ3n) is 5.85. The third-order valence-corrected chi connectivity index (χ3v) is 6.08. The number of rotatable bonds is 4. The Morgan fingerprint density at radius 3 is 2.77 bits per heavy atom. The second kappa shape index (κ2) is 7.62. The number of aryl methyl sites for hydroxylation is 1. The molecular weight excluding hydrogens is 394 g/mol. The van der Waals surface area contributed by atoms with Gasteiger partial charge in [-0.2, -0.15) is 5.10 Å². The molecule has 0 spiro atoms. The number of hydrogen-bond donors (Lipinski definition) is 1. The van der Waals surface area contributed by atoms with Crippen molar-refractivity contribution in [3.63, 3.8) is 0 Å². The molecule has 1 N–H and O–H groups in total. The molecule has 0 amide bonds. The minimum atomic E-state index is -0.0315. The molecule has 0 saturated heterocycles. The summed E-state index contributed by atoms with van der Waals surface area (Å²) in [6.07, 6.45) is 9.93. The number of H-pyrrole nitrogens is 1. The molecule has 1 atom stereocenters. The van der Waals surface area contributed by atoms with Gasteiger partial charge in [0.05, 0.1) is 17.6 Å². The predicted molar refractivity (Wildman–Crippen MR) is 123 cm³/mol. The Morgan fingerprint density at radius 2 is 1.97 bits per heavy atom. The van der Waals surface area contributed by atoms with Crippen molar-refractivity contribution in [3.8, 4) is 0 Å². The Kier molecular flexibility index (Phi) is 4.80. The van der Waals surface area contributed by atoms with E-state index in [2.05, 4.69) is 24.1 Å². The lowest BCUT2D eigenvalue weighted by molar-refractivity contribution is 0.470. The molecule has 2 aromatic carbocycles. The monoisotopic (exact) mass is 415 g/mol. The van der Waals surface area contributed by atoms with Gasteiger partial charge in [-0.25, -0.2) is 4.68 Å². The fourth-order valence-corrected chi connectivity index (χ4v) is 4.47. The zero-order chi connectivity index (χ0) is 20.7. The topological polar surface area (TPSA) is 50.7 Å². The first kappa shape index (κ1) is 18.9. The van der Waals surface area contributed by atoms with Crippen molar-refractivity contribution >= 4 is 33.3 Å². The van der Waals surface area contributed by atoms with Gasteiger partial charge in [0.2, 0.25) is 0 Å². The molecule has 1 aliphatic carbocycles. The zero-order valence-corrected chi connectivity index (χ0v) is 17.5. The lowest BCUT2D eigenvalue weighted by Crippen LogP contribution is -2.27. The summed E-state index contributed by atoms with van der Waals surface area (Å²) in [7, 11) is 0. The van der Waals surface area contributed by atoms with E-state index in [1.54, 1.807) is 4.68 Å². The van der Waals surface area contributed by atoms with E-state index in [9.17, 15) is 4.79 Å². The highest BCUT2D eigenvalue weighted by molar-refractivity contribution is 6.31. The maximum atomic E-state index is 13.1. The van der Waals surface area contributed by atoms with Gasteiger partial charge in [-0.1, -0.05) is 54.1 Å². The Hall–Kier alpha value is -3.11. The van der Waals surface area contributed by atoms with E-state index in [1.165, 1.54) is 0 Å². The van der Waals surface area contributed by atoms with Crippen LogP contribution in [0.15, 0.2) is 71.6 Å². The van der Waals surface area contributed by atoms with Gasteiger partial charge in [0, 0.05) is 39.3 Å². The highest BCUT2D eigenvalue weighted by Gasteiger charge is 2.17. The van der Waals surface area contributed by atoms with Gasteiger partial charge in [0.15, 0.2) is 0 Å². The SMILES string of the molecule is Cc1[nH]c2ccc(Cl)cc2c1Cc1nn(CC2C=CC=CC2)c(=O)c2ccccc12. The smallest absolute Gasteiger partial charge is 0.274 e. The van der Waals surface area contributed by atoms with E-state index in [0.717, 1.165) is 39.7 Å². The Labute approximate surface area is 179 Å². The molecule has 2 aromatic heterocycles. The zero-order valence-electron chi connectivity index (χ0n) is 16.7. The van der Waals surface area contributed by atoms with Crippen molar-refractivity contribution in [2.45, 2.75) is 26.3 Å². The summed E-state index contributed by atoms with van der Waals surface area (Å²) in [5.41, 5.74) is 4.19. The molecule has 1 unspecified atom stereocenters. The summed E-state index contributed by atoms with van der Waals surface area (Å²) < 4.78 is 1.64. The van der Waals surface area contributed by atoms with Crippen LogP contribution >= 0.6 is 11.6 Å². The van der Waals surface area contributed by atoms with Gasteiger partial charge in [0.25, 0.3) is 5.56 Å². The van der Waals surface area contributed by atoms with E-state index < -0.39 is 0 Å². The third kappa shape index (κ3) is 3.37. The number of nitrogens with zero attached hydrogens (tertiary/aromatic N) is 2. The summed E-state index contributed by atoms with van der Waals surface area (Å²) >= 11 is 6.27. The normalized spacial score (nSPS) is 16.0. The van der Waals surface area contributed by atoms with Gasteiger partial charge in [0.1, 0.15) is 0 Å². The average molecular weight is 416 g/mol. The molecule has 2 heterocycles. The van der Waals surface area contributed by atoms with Crippen molar-refractivity contribution < 1.29 is 0 Å². The fourth-order valence-electron chi connectivity index (χ4n) is 4.30. The molecule has 0 aliphatic heterocycles. The molecular formula is C25H22ClN3O. The Bertz CT molecular complexity index is 1380. The summed E-state index contributed by atoms with van der Waals surface area (Å²) in [5.74, 6) is 0.280. The molecule has 0 radical (unpaired) electrons. The van der Waals surface area contributed by atoms with Gasteiger partial charge in [-0.15, -0.1) is 0 Å². The lowest BCUT2D eigenvalue weighted by atomic mass is 10.0. The number of nitrogens with one attached hydrogen (secondary N) is 1. The van der Waals surface area contributed by atoms with Crippen LogP contribution in [0.3, 0.4) is 0 Å². The number of halogens is 1. The molecule has 4 nitrogen and oxygen atoms in total. The summed E-state index contributed by atoms with van der Waals surface area (Å²) in [4.78, 5) is 16.6. The van der Waals surface area contributed by atoms with E-state index >= 15 is 0 Å². The van der Waals surface area contributed by atoms with Gasteiger partial charge >= 0.3 is 0 Å². The van der Waals surface area contributed by atoms with Crippen LogP contribution in [0.1, 0.15) is 23.4 Å². The molecule has 1 aliphatic rings. The van der Waals surface area contributed by atoms with Crippen molar-refractivity contribution in [1.82, 2.24) is 14.8 Å². The number of aromatic nitrogens is 3. The number of benzene rings is 2. The van der Waals surface area contributed by atoms with Gasteiger partial charge in [-0.3, -0.25) is 4.79 Å². The van der Waals surface area contributed by atoms with Crippen LogP contribution in [0.4, 0.5) is 0 Å². The molecule has 4 aromatic rings. The molecule has 0 bridgehead atoms. The Balaban J connectivity index is 1.64. The number of hydrogen-bond acceptors (Lipinski definition) is 2. The van der Waals surface area contributed by atoms with Crippen LogP contribution < -0.4 is 5.56 Å². The standard InChI is InChI=1S/C25H22ClN3O/c1-16-21(22-13-18(26)11-12-23(22)27-16)14-24-19-9-5-6-10-20(19)25(30)29(28-24)15-17-7-3-2-4-8-17/h2-7,9-13,17,27H,8,14-15H2,1H3. The predicted octanol–water partition coefficient (Wildman–Crippen LogP) is 5.56. The minimum Gasteiger partial charge on any atom is -0.358 e. The van der Waals surface area contributed by atoms with Crippen LogP contribution in [-0.2, 0) is 13.0 Å². The second-order valence-corrected chi connectivity index (χ2v) is 8.32. The van der Waals surface area contributed by atoms with E-state index in [1.807, 2.05) is 54.6 Å². The fraction of sp³-hybridized carbons (Fsp3) is 0.200.